The Morgan fingerprint density at radius 2 is 1.74 bits per heavy atom. The highest BCUT2D eigenvalue weighted by atomic mass is 35.5. The van der Waals surface area contributed by atoms with Crippen LogP contribution in [0.3, 0.4) is 0 Å². The van der Waals surface area contributed by atoms with Crippen molar-refractivity contribution in [3.63, 3.8) is 0 Å². The zero-order chi connectivity index (χ0) is 16.7. The van der Waals surface area contributed by atoms with Crippen LogP contribution in [0.15, 0.2) is 30.3 Å². The van der Waals surface area contributed by atoms with Crippen LogP contribution < -0.4 is 0 Å². The van der Waals surface area contributed by atoms with Gasteiger partial charge in [0.15, 0.2) is 0 Å². The lowest BCUT2D eigenvalue weighted by atomic mass is 10.1. The number of benzene rings is 2. The predicted octanol–water partition coefficient (Wildman–Crippen LogP) is 5.06. The molecule has 5 heteroatoms. The van der Waals surface area contributed by atoms with Gasteiger partial charge in [-0.2, -0.15) is 0 Å². The van der Waals surface area contributed by atoms with Crippen LogP contribution in [0, 0.1) is 13.8 Å². The van der Waals surface area contributed by atoms with Crippen LogP contribution in [0.2, 0.25) is 10.0 Å². The molecule has 1 N–H and O–H groups in total. The number of aryl methyl sites for hydroxylation is 2. The van der Waals surface area contributed by atoms with Gasteiger partial charge in [-0.3, -0.25) is 0 Å². The average Bonchev–Trinajstić information content (AvgIpc) is 2.82. The van der Waals surface area contributed by atoms with Crippen molar-refractivity contribution in [3.8, 4) is 0 Å². The highest BCUT2D eigenvalue weighted by Gasteiger charge is 2.18. The fraction of sp³-hybridized carbons (Fsp3) is 0.278. The van der Waals surface area contributed by atoms with Gasteiger partial charge in [0.1, 0.15) is 11.9 Å². The van der Waals surface area contributed by atoms with Crippen molar-refractivity contribution in [3.05, 3.63) is 62.9 Å². The first-order valence-corrected chi connectivity index (χ1v) is 8.22. The minimum atomic E-state index is -0.677. The Bertz CT molecular complexity index is 864. The first-order valence-electron chi connectivity index (χ1n) is 7.47. The lowest BCUT2D eigenvalue weighted by Crippen LogP contribution is -2.08. The fourth-order valence-electron chi connectivity index (χ4n) is 2.73. The van der Waals surface area contributed by atoms with Gasteiger partial charge in [0, 0.05) is 15.6 Å². The van der Waals surface area contributed by atoms with E-state index in [1.54, 1.807) is 6.92 Å². The second-order valence-corrected chi connectivity index (χ2v) is 6.67. The number of aliphatic hydroxyl groups excluding tert-OH is 1. The highest BCUT2D eigenvalue weighted by Crippen LogP contribution is 2.29. The molecule has 3 nitrogen and oxygen atoms in total. The van der Waals surface area contributed by atoms with E-state index in [0.29, 0.717) is 22.4 Å². The molecule has 1 aromatic heterocycles. The fourth-order valence-corrected chi connectivity index (χ4v) is 3.24. The molecule has 0 bridgehead atoms. The third-order valence-corrected chi connectivity index (χ3v) is 4.85. The number of halogens is 2. The number of hydrogen-bond donors (Lipinski definition) is 1. The molecule has 0 spiro atoms. The molecule has 0 radical (unpaired) electrons. The Hall–Kier alpha value is -1.55. The Labute approximate surface area is 145 Å². The van der Waals surface area contributed by atoms with Gasteiger partial charge in [0.25, 0.3) is 0 Å². The summed E-state index contributed by atoms with van der Waals surface area (Å²) in [6, 6.07) is 9.59. The van der Waals surface area contributed by atoms with Crippen molar-refractivity contribution in [2.45, 2.75) is 33.4 Å². The van der Waals surface area contributed by atoms with E-state index in [0.717, 1.165) is 16.6 Å². The van der Waals surface area contributed by atoms with E-state index >= 15 is 0 Å². The molecule has 2 aromatic carbocycles. The summed E-state index contributed by atoms with van der Waals surface area (Å²) in [7, 11) is 0. The molecule has 1 atom stereocenters. The number of rotatable bonds is 3. The van der Waals surface area contributed by atoms with Crippen molar-refractivity contribution >= 4 is 34.2 Å². The number of fused-ring (bicyclic) bond motifs is 1. The number of hydrogen-bond acceptors (Lipinski definition) is 2. The van der Waals surface area contributed by atoms with Crippen molar-refractivity contribution in [1.29, 1.82) is 0 Å². The van der Waals surface area contributed by atoms with E-state index in [-0.39, 0.29) is 0 Å². The topological polar surface area (TPSA) is 38.1 Å². The van der Waals surface area contributed by atoms with Crippen LogP contribution in [0.4, 0.5) is 0 Å². The third kappa shape index (κ3) is 2.97. The molecular weight excluding hydrogens is 331 g/mol. The van der Waals surface area contributed by atoms with Crippen molar-refractivity contribution in [1.82, 2.24) is 9.55 Å². The largest absolute Gasteiger partial charge is 0.385 e. The Balaban J connectivity index is 2.22. The molecule has 0 aliphatic heterocycles. The lowest BCUT2D eigenvalue weighted by Gasteiger charge is -2.14. The average molecular weight is 349 g/mol. The maximum absolute atomic E-state index is 10.1. The molecule has 0 aliphatic rings. The minimum absolute atomic E-state index is 0.470. The predicted molar refractivity (Wildman–Crippen MR) is 95.4 cm³/mol. The van der Waals surface area contributed by atoms with Crippen LogP contribution >= 0.6 is 23.2 Å². The van der Waals surface area contributed by atoms with E-state index in [2.05, 4.69) is 24.9 Å². The van der Waals surface area contributed by atoms with E-state index in [9.17, 15) is 5.11 Å². The van der Waals surface area contributed by atoms with Crippen LogP contribution in [-0.4, -0.2) is 14.7 Å². The summed E-state index contributed by atoms with van der Waals surface area (Å²) in [4.78, 5) is 4.60. The second kappa shape index (κ2) is 6.16. The summed E-state index contributed by atoms with van der Waals surface area (Å²) in [6.07, 6.45) is -0.677. The van der Waals surface area contributed by atoms with Gasteiger partial charge in [-0.1, -0.05) is 29.3 Å². The molecule has 1 heterocycles. The molecule has 1 unspecified atom stereocenters. The van der Waals surface area contributed by atoms with Crippen LogP contribution in [-0.2, 0) is 6.54 Å². The van der Waals surface area contributed by atoms with Gasteiger partial charge in [-0.25, -0.2) is 4.98 Å². The molecule has 3 aromatic rings. The number of aliphatic hydroxyl groups is 1. The summed E-state index contributed by atoms with van der Waals surface area (Å²) in [5.41, 5.74) is 5.03. The normalized spacial score (nSPS) is 12.8. The molecule has 0 aliphatic carbocycles. The van der Waals surface area contributed by atoms with Crippen molar-refractivity contribution in [2.75, 3.05) is 0 Å². The molecule has 23 heavy (non-hydrogen) atoms. The standard InChI is InChI=1S/C18H18Cl2N2O/c1-10-7-16-17(8-11(10)2)22(18(21-16)12(3)23)9-13-14(19)5-4-6-15(13)20/h4-8,12,23H,9H2,1-3H3. The molecule has 0 amide bonds. The molecule has 0 saturated heterocycles. The zero-order valence-electron chi connectivity index (χ0n) is 13.3. The molecule has 0 fully saturated rings. The first-order chi connectivity index (χ1) is 10.9. The van der Waals surface area contributed by atoms with Gasteiger partial charge < -0.3 is 9.67 Å². The summed E-state index contributed by atoms with van der Waals surface area (Å²) in [5, 5.41) is 11.3. The van der Waals surface area contributed by atoms with Crippen LogP contribution in [0.25, 0.3) is 11.0 Å². The minimum Gasteiger partial charge on any atom is -0.385 e. The third-order valence-electron chi connectivity index (χ3n) is 4.14. The molecule has 0 saturated carbocycles. The van der Waals surface area contributed by atoms with Gasteiger partial charge in [-0.15, -0.1) is 0 Å². The Kier molecular flexibility index (Phi) is 4.37. The maximum Gasteiger partial charge on any atom is 0.138 e. The van der Waals surface area contributed by atoms with Crippen molar-refractivity contribution in [2.24, 2.45) is 0 Å². The molecule has 3 rings (SSSR count). The summed E-state index contributed by atoms with van der Waals surface area (Å²) < 4.78 is 1.99. The maximum atomic E-state index is 10.1. The summed E-state index contributed by atoms with van der Waals surface area (Å²) in [5.74, 6) is 0.612. The van der Waals surface area contributed by atoms with Gasteiger partial charge >= 0.3 is 0 Å². The van der Waals surface area contributed by atoms with Crippen LogP contribution in [0.5, 0.6) is 0 Å². The Morgan fingerprint density at radius 3 is 2.35 bits per heavy atom. The summed E-state index contributed by atoms with van der Waals surface area (Å²) >= 11 is 12.6. The monoisotopic (exact) mass is 348 g/mol. The van der Waals surface area contributed by atoms with Gasteiger partial charge in [-0.05, 0) is 56.2 Å². The number of imidazole rings is 1. The smallest absolute Gasteiger partial charge is 0.138 e. The van der Waals surface area contributed by atoms with Gasteiger partial charge in [0.05, 0.1) is 17.6 Å². The molecular formula is C18H18Cl2N2O. The van der Waals surface area contributed by atoms with Gasteiger partial charge in [0.2, 0.25) is 0 Å². The Morgan fingerprint density at radius 1 is 1.13 bits per heavy atom. The number of nitrogens with zero attached hydrogens (tertiary/aromatic N) is 2. The van der Waals surface area contributed by atoms with E-state index in [1.165, 1.54) is 11.1 Å². The number of aromatic nitrogens is 2. The highest BCUT2D eigenvalue weighted by molar-refractivity contribution is 6.36. The van der Waals surface area contributed by atoms with E-state index < -0.39 is 6.10 Å². The van der Waals surface area contributed by atoms with E-state index in [1.807, 2.05) is 28.8 Å². The quantitative estimate of drug-likeness (QED) is 0.718. The zero-order valence-corrected chi connectivity index (χ0v) is 14.8. The lowest BCUT2D eigenvalue weighted by molar-refractivity contribution is 0.185. The first kappa shape index (κ1) is 16.3. The van der Waals surface area contributed by atoms with E-state index in [4.69, 9.17) is 23.2 Å². The molecule has 120 valence electrons. The summed E-state index contributed by atoms with van der Waals surface area (Å²) in [6.45, 7) is 6.31. The SMILES string of the molecule is Cc1cc2nc(C(C)O)n(Cc3c(Cl)cccc3Cl)c2cc1C. The van der Waals surface area contributed by atoms with Crippen LogP contribution in [0.1, 0.15) is 35.5 Å². The van der Waals surface area contributed by atoms with Crippen molar-refractivity contribution < 1.29 is 5.11 Å². The second-order valence-electron chi connectivity index (χ2n) is 5.86.